The predicted octanol–water partition coefficient (Wildman–Crippen LogP) is 2.08. The smallest absolute Gasteiger partial charge is 0.209 e. The van der Waals surface area contributed by atoms with Gasteiger partial charge < -0.3 is 4.90 Å². The van der Waals surface area contributed by atoms with Crippen LogP contribution in [0.3, 0.4) is 0 Å². The normalized spacial score (nSPS) is 11.5. The molecule has 0 fully saturated rings. The van der Waals surface area contributed by atoms with E-state index < -0.39 is 0 Å². The first kappa shape index (κ1) is 13.4. The number of carbonyl (C=O) groups is 1. The van der Waals surface area contributed by atoms with Gasteiger partial charge in [-0.1, -0.05) is 13.8 Å². The Morgan fingerprint density at radius 1 is 1.45 bits per heavy atom. The Kier molecular flexibility index (Phi) is 9.55. The number of halogens is 1. The summed E-state index contributed by atoms with van der Waals surface area (Å²) in [6.07, 6.45) is 3.03. The van der Waals surface area contributed by atoms with Crippen molar-refractivity contribution < 1.29 is 4.79 Å². The Morgan fingerprint density at radius 2 is 2.00 bits per heavy atom. The van der Waals surface area contributed by atoms with E-state index in [0.29, 0.717) is 6.04 Å². The number of nitrogens with zero attached hydrogens (tertiary/aromatic N) is 1. The van der Waals surface area contributed by atoms with Crippen LogP contribution in [0.15, 0.2) is 0 Å². The molecular formula is C8H18ClNO. The largest absolute Gasteiger partial charge is 0.343 e. The molecule has 0 N–H and O–H groups in total. The van der Waals surface area contributed by atoms with Crippen molar-refractivity contribution in [3.05, 3.63) is 0 Å². The minimum absolute atomic E-state index is 0. The molecule has 11 heavy (non-hydrogen) atoms. The molecule has 0 saturated heterocycles. The molecule has 0 saturated carbocycles. The topological polar surface area (TPSA) is 20.3 Å². The molecule has 1 atom stereocenters. The van der Waals surface area contributed by atoms with E-state index in [1.807, 2.05) is 4.90 Å². The summed E-state index contributed by atoms with van der Waals surface area (Å²) in [7, 11) is 0. The van der Waals surface area contributed by atoms with Gasteiger partial charge in [0, 0.05) is 12.6 Å². The zero-order chi connectivity index (χ0) is 7.98. The summed E-state index contributed by atoms with van der Waals surface area (Å²) in [6, 6.07) is 0.400. The maximum Gasteiger partial charge on any atom is 0.209 e. The van der Waals surface area contributed by atoms with Gasteiger partial charge >= 0.3 is 0 Å². The van der Waals surface area contributed by atoms with E-state index in [4.69, 9.17) is 0 Å². The summed E-state index contributed by atoms with van der Waals surface area (Å²) in [5.74, 6) is 0. The Bertz CT molecular complexity index is 98.1. The molecule has 0 radical (unpaired) electrons. The van der Waals surface area contributed by atoms with Gasteiger partial charge in [0.1, 0.15) is 0 Å². The predicted molar refractivity (Wildman–Crippen MR) is 50.1 cm³/mol. The first-order valence-electron chi connectivity index (χ1n) is 3.97. The molecule has 0 aliphatic heterocycles. The lowest BCUT2D eigenvalue weighted by Gasteiger charge is -2.22. The molecule has 0 aliphatic carbocycles. The third-order valence-corrected chi connectivity index (χ3v) is 1.77. The van der Waals surface area contributed by atoms with Crippen LogP contribution >= 0.6 is 12.4 Å². The van der Waals surface area contributed by atoms with Crippen molar-refractivity contribution >= 4 is 18.8 Å². The summed E-state index contributed by atoms with van der Waals surface area (Å²) < 4.78 is 0. The van der Waals surface area contributed by atoms with Crippen LogP contribution < -0.4 is 0 Å². The van der Waals surface area contributed by atoms with Gasteiger partial charge in [0.05, 0.1) is 0 Å². The average Bonchev–Trinajstić information content (AvgIpc) is 1.99. The summed E-state index contributed by atoms with van der Waals surface area (Å²) in [4.78, 5) is 12.3. The third-order valence-electron chi connectivity index (χ3n) is 1.77. The lowest BCUT2D eigenvalue weighted by atomic mass is 10.2. The Morgan fingerprint density at radius 3 is 2.27 bits per heavy atom. The van der Waals surface area contributed by atoms with Gasteiger partial charge in [-0.2, -0.15) is 0 Å². The monoisotopic (exact) mass is 179 g/mol. The number of amides is 1. The maximum absolute atomic E-state index is 10.4. The van der Waals surface area contributed by atoms with Gasteiger partial charge in [-0.15, -0.1) is 12.4 Å². The fourth-order valence-electron chi connectivity index (χ4n) is 0.870. The summed E-state index contributed by atoms with van der Waals surface area (Å²) in [5, 5.41) is 0. The molecule has 3 heteroatoms. The van der Waals surface area contributed by atoms with Crippen LogP contribution in [0.1, 0.15) is 33.6 Å². The number of hydrogen-bond acceptors (Lipinski definition) is 1. The van der Waals surface area contributed by atoms with E-state index >= 15 is 0 Å². The van der Waals surface area contributed by atoms with Crippen molar-refractivity contribution in [1.29, 1.82) is 0 Å². The van der Waals surface area contributed by atoms with Crippen LogP contribution in [0.25, 0.3) is 0 Å². The van der Waals surface area contributed by atoms with Crippen molar-refractivity contribution in [3.63, 3.8) is 0 Å². The quantitative estimate of drug-likeness (QED) is 0.592. The van der Waals surface area contributed by atoms with Crippen molar-refractivity contribution in [2.24, 2.45) is 0 Å². The molecule has 1 amide bonds. The highest BCUT2D eigenvalue weighted by atomic mass is 35.5. The molecule has 0 spiro atoms. The number of rotatable bonds is 5. The van der Waals surface area contributed by atoms with Crippen LogP contribution in [-0.2, 0) is 4.79 Å². The van der Waals surface area contributed by atoms with Crippen molar-refractivity contribution in [2.75, 3.05) is 6.54 Å². The van der Waals surface area contributed by atoms with Gasteiger partial charge in [0.25, 0.3) is 0 Å². The van der Waals surface area contributed by atoms with Gasteiger partial charge in [0.15, 0.2) is 0 Å². The van der Waals surface area contributed by atoms with E-state index in [9.17, 15) is 4.79 Å². The van der Waals surface area contributed by atoms with Crippen LogP contribution in [0, 0.1) is 0 Å². The highest BCUT2D eigenvalue weighted by Gasteiger charge is 2.06. The molecule has 0 aromatic heterocycles. The zero-order valence-corrected chi connectivity index (χ0v) is 8.36. The second kappa shape index (κ2) is 7.86. The minimum Gasteiger partial charge on any atom is -0.343 e. The Hall–Kier alpha value is -0.240. The molecule has 68 valence electrons. The second-order valence-corrected chi connectivity index (χ2v) is 2.60. The Labute approximate surface area is 75.4 Å². The SMILES string of the molecule is CCCN(C=O)C(C)CC.Cl. The maximum atomic E-state index is 10.4. The highest BCUT2D eigenvalue weighted by Crippen LogP contribution is 2.00. The van der Waals surface area contributed by atoms with Gasteiger partial charge in [-0.3, -0.25) is 4.79 Å². The molecule has 0 aromatic carbocycles. The standard InChI is InChI=1S/C8H17NO.ClH/c1-4-6-9(7-10)8(3)5-2;/h7-8H,4-6H2,1-3H3;1H. The van der Waals surface area contributed by atoms with Gasteiger partial charge in [-0.25, -0.2) is 0 Å². The van der Waals surface area contributed by atoms with Crippen LogP contribution in [0.4, 0.5) is 0 Å². The van der Waals surface area contributed by atoms with Crippen LogP contribution in [0.5, 0.6) is 0 Å². The third kappa shape index (κ3) is 5.08. The molecule has 0 heterocycles. The first-order chi connectivity index (χ1) is 4.76. The van der Waals surface area contributed by atoms with Crippen LogP contribution in [-0.4, -0.2) is 23.9 Å². The molecule has 0 rings (SSSR count). The summed E-state index contributed by atoms with van der Waals surface area (Å²) >= 11 is 0. The fraction of sp³-hybridized carbons (Fsp3) is 0.875. The Balaban J connectivity index is 0. The average molecular weight is 180 g/mol. The van der Waals surface area contributed by atoms with E-state index in [1.54, 1.807) is 0 Å². The van der Waals surface area contributed by atoms with Crippen molar-refractivity contribution in [3.8, 4) is 0 Å². The first-order valence-corrected chi connectivity index (χ1v) is 3.97. The number of carbonyl (C=O) groups excluding carboxylic acids is 1. The lowest BCUT2D eigenvalue weighted by molar-refractivity contribution is -0.120. The highest BCUT2D eigenvalue weighted by molar-refractivity contribution is 5.85. The van der Waals surface area contributed by atoms with Crippen molar-refractivity contribution in [2.45, 2.75) is 39.7 Å². The van der Waals surface area contributed by atoms with E-state index in [0.717, 1.165) is 25.8 Å². The van der Waals surface area contributed by atoms with Gasteiger partial charge in [-0.05, 0) is 19.8 Å². The van der Waals surface area contributed by atoms with Crippen molar-refractivity contribution in [1.82, 2.24) is 4.90 Å². The van der Waals surface area contributed by atoms with E-state index in [2.05, 4.69) is 20.8 Å². The molecule has 2 nitrogen and oxygen atoms in total. The molecule has 0 aliphatic rings. The van der Waals surface area contributed by atoms with E-state index in [1.165, 1.54) is 0 Å². The zero-order valence-electron chi connectivity index (χ0n) is 7.54. The number of hydrogen-bond donors (Lipinski definition) is 0. The molecule has 0 aromatic rings. The minimum atomic E-state index is 0. The molecule has 1 unspecified atom stereocenters. The van der Waals surface area contributed by atoms with E-state index in [-0.39, 0.29) is 12.4 Å². The lowest BCUT2D eigenvalue weighted by Crippen LogP contribution is -2.31. The molecule has 0 bridgehead atoms. The van der Waals surface area contributed by atoms with Gasteiger partial charge in [0.2, 0.25) is 6.41 Å². The molecular weight excluding hydrogens is 162 g/mol. The van der Waals surface area contributed by atoms with Crippen LogP contribution in [0.2, 0.25) is 0 Å². The summed E-state index contributed by atoms with van der Waals surface area (Å²) in [5.41, 5.74) is 0. The fourth-order valence-corrected chi connectivity index (χ4v) is 0.870. The second-order valence-electron chi connectivity index (χ2n) is 2.60. The summed E-state index contributed by atoms with van der Waals surface area (Å²) in [6.45, 7) is 7.14.